The second-order valence-corrected chi connectivity index (χ2v) is 6.91. The SMILES string of the molecule is Cc1cc(C(=O)Nc2ccc3c(c2)NC(=O)C(C)O3)nn1-c1cccc(Cl)c1. The summed E-state index contributed by atoms with van der Waals surface area (Å²) in [5.41, 5.74) is 2.88. The number of fused-ring (bicyclic) bond motifs is 1. The van der Waals surface area contributed by atoms with E-state index >= 15 is 0 Å². The highest BCUT2D eigenvalue weighted by molar-refractivity contribution is 6.30. The number of aromatic nitrogens is 2. The molecule has 2 heterocycles. The van der Waals surface area contributed by atoms with Gasteiger partial charge >= 0.3 is 0 Å². The molecule has 0 fully saturated rings. The van der Waals surface area contributed by atoms with Gasteiger partial charge in [-0.1, -0.05) is 17.7 Å². The fraction of sp³-hybridized carbons (Fsp3) is 0.150. The molecule has 3 aromatic rings. The molecule has 0 radical (unpaired) electrons. The number of nitrogens with one attached hydrogen (secondary N) is 2. The van der Waals surface area contributed by atoms with Crippen molar-refractivity contribution < 1.29 is 14.3 Å². The summed E-state index contributed by atoms with van der Waals surface area (Å²) in [7, 11) is 0. The predicted molar refractivity (Wildman–Crippen MR) is 106 cm³/mol. The quantitative estimate of drug-likeness (QED) is 0.705. The molecule has 0 saturated heterocycles. The molecule has 28 heavy (non-hydrogen) atoms. The topological polar surface area (TPSA) is 85.2 Å². The summed E-state index contributed by atoms with van der Waals surface area (Å²) in [6.45, 7) is 3.53. The van der Waals surface area contributed by atoms with Crippen LogP contribution in [-0.2, 0) is 4.79 Å². The number of benzene rings is 2. The van der Waals surface area contributed by atoms with Crippen LogP contribution in [0, 0.1) is 6.92 Å². The van der Waals surface area contributed by atoms with Crippen LogP contribution in [0.1, 0.15) is 23.1 Å². The average Bonchev–Trinajstić information content (AvgIpc) is 3.05. The molecular formula is C20H17ClN4O3. The summed E-state index contributed by atoms with van der Waals surface area (Å²) in [6.07, 6.45) is -0.550. The number of hydrogen-bond donors (Lipinski definition) is 2. The Hall–Kier alpha value is -3.32. The van der Waals surface area contributed by atoms with Crippen LogP contribution in [0.4, 0.5) is 11.4 Å². The standard InChI is InChI=1S/C20H17ClN4O3/c1-11-8-17(24-25(11)15-5-3-4-13(21)9-15)20(27)22-14-6-7-18-16(10-14)23-19(26)12(2)28-18/h3-10,12H,1-2H3,(H,22,27)(H,23,26). The Bertz CT molecular complexity index is 1090. The van der Waals surface area contributed by atoms with E-state index in [0.717, 1.165) is 11.4 Å². The fourth-order valence-corrected chi connectivity index (χ4v) is 3.12. The van der Waals surface area contributed by atoms with Crippen molar-refractivity contribution in [3.05, 3.63) is 64.9 Å². The highest BCUT2D eigenvalue weighted by Gasteiger charge is 2.24. The molecular weight excluding hydrogens is 380 g/mol. The van der Waals surface area contributed by atoms with Gasteiger partial charge in [0.25, 0.3) is 11.8 Å². The monoisotopic (exact) mass is 396 g/mol. The van der Waals surface area contributed by atoms with Crippen molar-refractivity contribution in [1.29, 1.82) is 0 Å². The van der Waals surface area contributed by atoms with E-state index in [-0.39, 0.29) is 17.5 Å². The zero-order valence-corrected chi connectivity index (χ0v) is 15.9. The van der Waals surface area contributed by atoms with Crippen LogP contribution in [0.5, 0.6) is 5.75 Å². The number of amides is 2. The number of aryl methyl sites for hydroxylation is 1. The van der Waals surface area contributed by atoms with Crippen molar-refractivity contribution >= 4 is 34.8 Å². The molecule has 0 saturated carbocycles. The van der Waals surface area contributed by atoms with Gasteiger partial charge in [-0.05, 0) is 56.3 Å². The number of carbonyl (C=O) groups is 2. The molecule has 2 amide bonds. The summed E-state index contributed by atoms with van der Waals surface area (Å²) in [4.78, 5) is 24.4. The molecule has 2 N–H and O–H groups in total. The van der Waals surface area contributed by atoms with E-state index in [1.165, 1.54) is 0 Å². The lowest BCUT2D eigenvalue weighted by atomic mass is 10.2. The molecule has 7 nitrogen and oxygen atoms in total. The molecule has 142 valence electrons. The van der Waals surface area contributed by atoms with Crippen LogP contribution in [0.25, 0.3) is 5.69 Å². The van der Waals surface area contributed by atoms with Gasteiger partial charge in [-0.25, -0.2) is 4.68 Å². The number of ether oxygens (including phenoxy) is 1. The van der Waals surface area contributed by atoms with Crippen molar-refractivity contribution in [2.45, 2.75) is 20.0 Å². The first kappa shape index (κ1) is 18.1. The van der Waals surface area contributed by atoms with Gasteiger partial charge < -0.3 is 15.4 Å². The second kappa shape index (κ2) is 7.01. The third kappa shape index (κ3) is 3.44. The summed E-state index contributed by atoms with van der Waals surface area (Å²) in [5, 5.41) is 10.5. The van der Waals surface area contributed by atoms with Crippen LogP contribution in [0.15, 0.2) is 48.5 Å². The molecule has 0 aliphatic carbocycles. The van der Waals surface area contributed by atoms with E-state index in [9.17, 15) is 9.59 Å². The maximum absolute atomic E-state index is 12.6. The van der Waals surface area contributed by atoms with Gasteiger partial charge in [-0.15, -0.1) is 0 Å². The molecule has 1 aliphatic rings. The molecule has 1 aromatic heterocycles. The predicted octanol–water partition coefficient (Wildman–Crippen LogP) is 3.81. The summed E-state index contributed by atoms with van der Waals surface area (Å²) in [6, 6.07) is 14.0. The van der Waals surface area contributed by atoms with Crippen LogP contribution in [0.3, 0.4) is 0 Å². The van der Waals surface area contributed by atoms with Crippen LogP contribution in [-0.4, -0.2) is 27.7 Å². The normalized spacial score (nSPS) is 15.4. The lowest BCUT2D eigenvalue weighted by Gasteiger charge is -2.23. The molecule has 0 spiro atoms. The molecule has 2 aromatic carbocycles. The van der Waals surface area contributed by atoms with Crippen molar-refractivity contribution in [2.75, 3.05) is 10.6 Å². The lowest BCUT2D eigenvalue weighted by Crippen LogP contribution is -2.34. The number of anilines is 2. The Morgan fingerprint density at radius 2 is 2.07 bits per heavy atom. The Balaban J connectivity index is 1.56. The van der Waals surface area contributed by atoms with Crippen molar-refractivity contribution in [2.24, 2.45) is 0 Å². The lowest BCUT2D eigenvalue weighted by molar-refractivity contribution is -0.122. The first-order valence-corrected chi connectivity index (χ1v) is 9.04. The van der Waals surface area contributed by atoms with E-state index in [1.807, 2.05) is 19.1 Å². The second-order valence-electron chi connectivity index (χ2n) is 6.48. The molecule has 8 heteroatoms. The minimum Gasteiger partial charge on any atom is -0.479 e. The van der Waals surface area contributed by atoms with Gasteiger partial charge in [0.2, 0.25) is 0 Å². The summed E-state index contributed by atoms with van der Waals surface area (Å²) in [5.74, 6) is -0.0294. The van der Waals surface area contributed by atoms with E-state index < -0.39 is 6.10 Å². The number of rotatable bonds is 3. The van der Waals surface area contributed by atoms with Crippen molar-refractivity contribution in [3.8, 4) is 11.4 Å². The highest BCUT2D eigenvalue weighted by atomic mass is 35.5. The van der Waals surface area contributed by atoms with Crippen LogP contribution >= 0.6 is 11.6 Å². The molecule has 1 unspecified atom stereocenters. The molecule has 1 atom stereocenters. The molecule has 1 aliphatic heterocycles. The van der Waals surface area contributed by atoms with Crippen molar-refractivity contribution in [1.82, 2.24) is 9.78 Å². The van der Waals surface area contributed by atoms with E-state index in [1.54, 1.807) is 48.0 Å². The van der Waals surface area contributed by atoms with Gasteiger partial charge in [0.1, 0.15) is 5.75 Å². The fourth-order valence-electron chi connectivity index (χ4n) is 2.94. The summed E-state index contributed by atoms with van der Waals surface area (Å²) >= 11 is 6.04. The third-order valence-electron chi connectivity index (χ3n) is 4.34. The Labute approximate surface area is 166 Å². The minimum atomic E-state index is -0.550. The Morgan fingerprint density at radius 3 is 2.86 bits per heavy atom. The number of halogens is 1. The third-order valence-corrected chi connectivity index (χ3v) is 4.58. The van der Waals surface area contributed by atoms with E-state index in [0.29, 0.717) is 22.1 Å². The highest BCUT2D eigenvalue weighted by Crippen LogP contribution is 2.32. The van der Waals surface area contributed by atoms with Crippen LogP contribution in [0.2, 0.25) is 5.02 Å². The number of hydrogen-bond acceptors (Lipinski definition) is 4. The zero-order chi connectivity index (χ0) is 19.8. The molecule has 4 rings (SSSR count). The van der Waals surface area contributed by atoms with Gasteiger partial charge in [0.05, 0.1) is 11.4 Å². The van der Waals surface area contributed by atoms with Gasteiger partial charge in [-0.2, -0.15) is 5.10 Å². The maximum atomic E-state index is 12.6. The van der Waals surface area contributed by atoms with E-state index in [2.05, 4.69) is 15.7 Å². The average molecular weight is 397 g/mol. The van der Waals surface area contributed by atoms with Gasteiger partial charge in [-0.3, -0.25) is 9.59 Å². The van der Waals surface area contributed by atoms with E-state index in [4.69, 9.17) is 16.3 Å². The Morgan fingerprint density at radius 1 is 1.25 bits per heavy atom. The van der Waals surface area contributed by atoms with Crippen LogP contribution < -0.4 is 15.4 Å². The first-order valence-electron chi connectivity index (χ1n) is 8.66. The largest absolute Gasteiger partial charge is 0.479 e. The van der Waals surface area contributed by atoms with Crippen molar-refractivity contribution in [3.63, 3.8) is 0 Å². The number of nitrogens with zero attached hydrogens (tertiary/aromatic N) is 2. The number of carbonyl (C=O) groups excluding carboxylic acids is 2. The first-order chi connectivity index (χ1) is 13.4. The zero-order valence-electron chi connectivity index (χ0n) is 15.2. The molecule has 0 bridgehead atoms. The summed E-state index contributed by atoms with van der Waals surface area (Å²) < 4.78 is 7.17. The smallest absolute Gasteiger partial charge is 0.276 e. The van der Waals surface area contributed by atoms with Gasteiger partial charge in [0, 0.05) is 16.4 Å². The minimum absolute atomic E-state index is 0.230. The Kier molecular flexibility index (Phi) is 4.52. The van der Waals surface area contributed by atoms with Gasteiger partial charge in [0.15, 0.2) is 11.8 Å². The maximum Gasteiger partial charge on any atom is 0.276 e.